The Morgan fingerprint density at radius 1 is 0.852 bits per heavy atom. The molecule has 5 rings (SSSR count). The molecule has 4 heteroatoms. The van der Waals surface area contributed by atoms with Crippen molar-refractivity contribution in [2.24, 2.45) is 5.73 Å². The van der Waals surface area contributed by atoms with Gasteiger partial charge in [0.25, 0.3) is 5.91 Å². The van der Waals surface area contributed by atoms with Crippen LogP contribution in [0.2, 0.25) is 0 Å². The summed E-state index contributed by atoms with van der Waals surface area (Å²) in [7, 11) is -0.903. The Bertz CT molecular complexity index is 1200. The molecule has 1 unspecified atom stereocenters. The van der Waals surface area contributed by atoms with Gasteiger partial charge in [0.1, 0.15) is 0 Å². The summed E-state index contributed by atoms with van der Waals surface area (Å²) in [5.74, 6) is -0.332. The Morgan fingerprint density at radius 3 is 2.04 bits per heavy atom. The lowest BCUT2D eigenvalue weighted by Crippen LogP contribution is -2.12. The first-order valence-electron chi connectivity index (χ1n) is 8.70. The molecule has 1 atom stereocenters. The van der Waals surface area contributed by atoms with Crippen LogP contribution < -0.4 is 5.73 Å². The highest BCUT2D eigenvalue weighted by Crippen LogP contribution is 2.55. The quantitative estimate of drug-likeness (QED) is 0.330. The number of nitrogens with two attached hydrogens (primary N) is 1. The van der Waals surface area contributed by atoms with Crippen molar-refractivity contribution in [2.75, 3.05) is 0 Å². The van der Waals surface area contributed by atoms with Crippen molar-refractivity contribution in [2.45, 2.75) is 4.90 Å². The molecular formula is C23H17NOS2. The Kier molecular flexibility index (Phi) is 3.88. The molecule has 1 amide bonds. The van der Waals surface area contributed by atoms with Crippen LogP contribution in [-0.2, 0) is 4.79 Å². The molecule has 0 radical (unpaired) electrons. The number of carbonyl (C=O) groups is 1. The summed E-state index contributed by atoms with van der Waals surface area (Å²) in [6.07, 6.45) is 3.83. The molecule has 4 aromatic rings. The van der Waals surface area contributed by atoms with E-state index in [0.717, 1.165) is 0 Å². The zero-order valence-electron chi connectivity index (χ0n) is 14.4. The molecule has 0 saturated carbocycles. The highest BCUT2D eigenvalue weighted by molar-refractivity contribution is 8.24. The highest BCUT2D eigenvalue weighted by Gasteiger charge is 2.24. The van der Waals surface area contributed by atoms with E-state index in [2.05, 4.69) is 71.5 Å². The third-order valence-corrected chi connectivity index (χ3v) is 8.12. The van der Waals surface area contributed by atoms with E-state index in [4.69, 9.17) is 5.73 Å². The summed E-state index contributed by atoms with van der Waals surface area (Å²) in [6.45, 7) is 0. The minimum Gasteiger partial charge on any atom is -0.365 e. The number of thiol groups is 1. The van der Waals surface area contributed by atoms with E-state index >= 15 is 0 Å². The van der Waals surface area contributed by atoms with Gasteiger partial charge in [0, 0.05) is 15.3 Å². The average Bonchev–Trinajstić information content (AvgIpc) is 3.38. The first kappa shape index (κ1) is 16.4. The number of allylic oxidation sites excluding steroid dienone is 2. The molecule has 27 heavy (non-hydrogen) atoms. The summed E-state index contributed by atoms with van der Waals surface area (Å²) in [5, 5.41) is 9.09. The highest BCUT2D eigenvalue weighted by atomic mass is 32.2. The fraction of sp³-hybridized carbons (Fsp3) is 0. The van der Waals surface area contributed by atoms with Crippen LogP contribution >= 0.6 is 22.2 Å². The smallest absolute Gasteiger partial charge is 0.253 e. The van der Waals surface area contributed by atoms with Gasteiger partial charge in [-0.2, -0.15) is 10.9 Å². The van der Waals surface area contributed by atoms with E-state index in [1.54, 1.807) is 11.3 Å². The average molecular weight is 388 g/mol. The second-order valence-corrected chi connectivity index (χ2v) is 9.33. The minimum absolute atomic E-state index is 0.332. The van der Waals surface area contributed by atoms with E-state index in [9.17, 15) is 4.79 Å². The molecule has 1 aliphatic rings. The molecule has 0 bridgehead atoms. The molecule has 132 valence electrons. The van der Waals surface area contributed by atoms with Crippen LogP contribution in [-0.4, -0.2) is 5.91 Å². The molecule has 2 heterocycles. The summed E-state index contributed by atoms with van der Waals surface area (Å²) in [6, 6.07) is 21.3. The molecule has 0 spiro atoms. The van der Waals surface area contributed by atoms with Crippen LogP contribution in [0.4, 0.5) is 0 Å². The fourth-order valence-electron chi connectivity index (χ4n) is 3.83. The lowest BCUT2D eigenvalue weighted by atomic mass is 9.95. The SMILES string of the molecule is NC(=O)C1=CC=C[SH]1c1c2ccccc2c(-c2cccs2)c2ccccc12. The van der Waals surface area contributed by atoms with Gasteiger partial charge in [-0.1, -0.05) is 60.7 Å². The third-order valence-electron chi connectivity index (χ3n) is 4.91. The topological polar surface area (TPSA) is 43.1 Å². The second-order valence-electron chi connectivity index (χ2n) is 6.42. The van der Waals surface area contributed by atoms with Gasteiger partial charge in [0.15, 0.2) is 0 Å². The number of amides is 1. The van der Waals surface area contributed by atoms with Gasteiger partial charge >= 0.3 is 0 Å². The number of fused-ring (bicyclic) bond motifs is 2. The van der Waals surface area contributed by atoms with Crippen LogP contribution in [0.5, 0.6) is 0 Å². The van der Waals surface area contributed by atoms with Crippen LogP contribution in [0.1, 0.15) is 0 Å². The summed E-state index contributed by atoms with van der Waals surface area (Å²) in [4.78, 5) is 15.2. The predicted molar refractivity (Wildman–Crippen MR) is 118 cm³/mol. The van der Waals surface area contributed by atoms with Gasteiger partial charge in [0.05, 0.1) is 4.91 Å². The van der Waals surface area contributed by atoms with Crippen molar-refractivity contribution in [3.05, 3.63) is 88.5 Å². The fourth-order valence-corrected chi connectivity index (χ4v) is 6.83. The Labute approximate surface area is 164 Å². The maximum atomic E-state index is 12.0. The van der Waals surface area contributed by atoms with E-state index in [1.807, 2.05) is 12.2 Å². The first-order chi connectivity index (χ1) is 13.3. The number of hydrogen-bond acceptors (Lipinski definition) is 2. The molecule has 1 aliphatic heterocycles. The normalized spacial score (nSPS) is 17.5. The van der Waals surface area contributed by atoms with Crippen LogP contribution in [0.15, 0.2) is 93.4 Å². The van der Waals surface area contributed by atoms with Gasteiger partial charge in [-0.05, 0) is 44.5 Å². The van der Waals surface area contributed by atoms with Gasteiger partial charge < -0.3 is 5.73 Å². The van der Waals surface area contributed by atoms with Crippen LogP contribution in [0.3, 0.4) is 0 Å². The molecule has 2 N–H and O–H groups in total. The van der Waals surface area contributed by atoms with Crippen molar-refractivity contribution < 1.29 is 4.79 Å². The standard InChI is InChI=1S/C23H17NOS2/c24-23(25)20-12-6-14-27(20)22-17-9-3-1-7-15(17)21(19-11-5-13-26-19)16-8-2-4-10-18(16)22/h1-14,27H,(H2,24,25). The number of benzene rings is 3. The Morgan fingerprint density at radius 2 is 1.48 bits per heavy atom. The van der Waals surface area contributed by atoms with E-state index < -0.39 is 10.9 Å². The van der Waals surface area contributed by atoms with E-state index in [1.165, 1.54) is 36.9 Å². The second kappa shape index (κ2) is 6.41. The Balaban J connectivity index is 1.95. The molecule has 0 aliphatic carbocycles. The molecular weight excluding hydrogens is 370 g/mol. The van der Waals surface area contributed by atoms with E-state index in [0.29, 0.717) is 4.91 Å². The molecule has 3 aromatic carbocycles. The van der Waals surface area contributed by atoms with Gasteiger partial charge in [-0.15, -0.1) is 11.3 Å². The number of primary amides is 1. The maximum Gasteiger partial charge on any atom is 0.253 e. The van der Waals surface area contributed by atoms with Crippen molar-refractivity contribution in [3.8, 4) is 10.4 Å². The zero-order valence-corrected chi connectivity index (χ0v) is 16.1. The van der Waals surface area contributed by atoms with Crippen LogP contribution in [0.25, 0.3) is 32.0 Å². The van der Waals surface area contributed by atoms with Crippen LogP contribution in [0, 0.1) is 0 Å². The molecule has 0 fully saturated rings. The van der Waals surface area contributed by atoms with Crippen molar-refractivity contribution in [3.63, 3.8) is 0 Å². The molecule has 1 aromatic heterocycles. The number of carbonyl (C=O) groups excluding carboxylic acids is 1. The predicted octanol–water partition coefficient (Wildman–Crippen LogP) is 5.98. The summed E-state index contributed by atoms with van der Waals surface area (Å²) < 4.78 is 0. The van der Waals surface area contributed by atoms with Crippen molar-refractivity contribution >= 4 is 49.7 Å². The third kappa shape index (κ3) is 2.52. The lowest BCUT2D eigenvalue weighted by Gasteiger charge is -2.23. The summed E-state index contributed by atoms with van der Waals surface area (Å²) >= 11 is 1.76. The summed E-state index contributed by atoms with van der Waals surface area (Å²) in [5.41, 5.74) is 6.96. The van der Waals surface area contributed by atoms with Gasteiger partial charge in [0.2, 0.25) is 0 Å². The monoisotopic (exact) mass is 387 g/mol. The van der Waals surface area contributed by atoms with Gasteiger partial charge in [-0.3, -0.25) is 4.79 Å². The minimum atomic E-state index is -0.903. The first-order valence-corrected chi connectivity index (χ1v) is 11.0. The molecule has 0 saturated heterocycles. The Hall–Kier alpha value is -2.82. The number of thiophene rings is 1. The van der Waals surface area contributed by atoms with E-state index in [-0.39, 0.29) is 5.91 Å². The lowest BCUT2D eigenvalue weighted by molar-refractivity contribution is -0.113. The largest absolute Gasteiger partial charge is 0.365 e. The zero-order chi connectivity index (χ0) is 18.4. The number of rotatable bonds is 3. The van der Waals surface area contributed by atoms with Crippen molar-refractivity contribution in [1.82, 2.24) is 0 Å². The van der Waals surface area contributed by atoms with Gasteiger partial charge in [-0.25, -0.2) is 0 Å². The van der Waals surface area contributed by atoms with Crippen molar-refractivity contribution in [1.29, 1.82) is 0 Å². The maximum absolute atomic E-state index is 12.0. The number of hydrogen-bond donors (Lipinski definition) is 2. The molecule has 2 nitrogen and oxygen atoms in total.